The maximum absolute atomic E-state index is 13.3. The quantitative estimate of drug-likeness (QED) is 0.841. The summed E-state index contributed by atoms with van der Waals surface area (Å²) in [6, 6.07) is 7.22. The van der Waals surface area contributed by atoms with E-state index in [1.165, 1.54) is 0 Å². The first-order valence-corrected chi connectivity index (χ1v) is 4.67. The summed E-state index contributed by atoms with van der Waals surface area (Å²) in [5, 5.41) is 0. The Balaban J connectivity index is 2.30. The van der Waals surface area contributed by atoms with E-state index in [0.29, 0.717) is 5.75 Å². The van der Waals surface area contributed by atoms with Gasteiger partial charge in [0.2, 0.25) is 11.8 Å². The third-order valence-electron chi connectivity index (χ3n) is 1.93. The van der Waals surface area contributed by atoms with Crippen molar-refractivity contribution < 1.29 is 9.13 Å². The minimum absolute atomic E-state index is 0.0240. The highest BCUT2D eigenvalue weighted by Gasteiger charge is 2.07. The van der Waals surface area contributed by atoms with Crippen LogP contribution in [0.25, 0.3) is 0 Å². The van der Waals surface area contributed by atoms with Crippen molar-refractivity contribution in [3.05, 3.63) is 41.8 Å². The number of hydrogen-bond donors (Lipinski definition) is 1. The minimum atomic E-state index is -0.643. The molecule has 16 heavy (non-hydrogen) atoms. The van der Waals surface area contributed by atoms with Crippen LogP contribution >= 0.6 is 0 Å². The van der Waals surface area contributed by atoms with Crippen LogP contribution in [0, 0.1) is 12.7 Å². The fraction of sp³-hybridized carbons (Fsp3) is 0.0909. The molecule has 2 N–H and O–H groups in total. The molecule has 0 saturated carbocycles. The molecule has 0 unspecified atom stereocenters. The summed E-state index contributed by atoms with van der Waals surface area (Å²) in [7, 11) is 0. The van der Waals surface area contributed by atoms with Crippen LogP contribution in [-0.4, -0.2) is 9.97 Å². The van der Waals surface area contributed by atoms with E-state index in [9.17, 15) is 4.39 Å². The molecule has 0 atom stereocenters. The number of nitrogens with two attached hydrogens (primary N) is 1. The third-order valence-corrected chi connectivity index (χ3v) is 1.93. The van der Waals surface area contributed by atoms with Gasteiger partial charge in [-0.25, -0.2) is 4.98 Å². The molecule has 0 fully saturated rings. The van der Waals surface area contributed by atoms with Gasteiger partial charge in [0, 0.05) is 0 Å². The summed E-state index contributed by atoms with van der Waals surface area (Å²) in [6.07, 6.45) is 0.980. The van der Waals surface area contributed by atoms with Gasteiger partial charge in [0.05, 0.1) is 6.20 Å². The van der Waals surface area contributed by atoms with Crippen LogP contribution < -0.4 is 10.5 Å². The number of nitrogens with zero attached hydrogens (tertiary/aromatic N) is 2. The summed E-state index contributed by atoms with van der Waals surface area (Å²) in [5.74, 6) is -0.324. The summed E-state index contributed by atoms with van der Waals surface area (Å²) in [6.45, 7) is 1.91. The van der Waals surface area contributed by atoms with Crippen molar-refractivity contribution in [1.82, 2.24) is 9.97 Å². The molecule has 4 nitrogen and oxygen atoms in total. The number of ether oxygens (including phenoxy) is 1. The first-order chi connectivity index (χ1) is 7.65. The van der Waals surface area contributed by atoms with E-state index in [1.54, 1.807) is 12.1 Å². The summed E-state index contributed by atoms with van der Waals surface area (Å²) < 4.78 is 18.5. The Morgan fingerprint density at radius 2 is 2.19 bits per heavy atom. The Morgan fingerprint density at radius 3 is 2.94 bits per heavy atom. The van der Waals surface area contributed by atoms with Crippen molar-refractivity contribution in [3.8, 4) is 11.6 Å². The second-order valence-electron chi connectivity index (χ2n) is 3.30. The summed E-state index contributed by atoms with van der Waals surface area (Å²) in [4.78, 5) is 7.18. The number of nitrogen functional groups attached to an aromatic ring is 1. The van der Waals surface area contributed by atoms with Gasteiger partial charge in [-0.15, -0.1) is 0 Å². The zero-order chi connectivity index (χ0) is 11.5. The van der Waals surface area contributed by atoms with Gasteiger partial charge in [-0.05, 0) is 24.6 Å². The molecule has 0 amide bonds. The van der Waals surface area contributed by atoms with Crippen LogP contribution in [-0.2, 0) is 0 Å². The predicted molar refractivity (Wildman–Crippen MR) is 57.7 cm³/mol. The molecule has 0 aliphatic rings. The molecule has 1 heterocycles. The zero-order valence-electron chi connectivity index (χ0n) is 8.64. The normalized spacial score (nSPS) is 10.1. The van der Waals surface area contributed by atoms with Gasteiger partial charge < -0.3 is 10.5 Å². The molecule has 82 valence electrons. The van der Waals surface area contributed by atoms with E-state index in [2.05, 4.69) is 9.97 Å². The number of rotatable bonds is 2. The van der Waals surface area contributed by atoms with Crippen molar-refractivity contribution >= 4 is 5.95 Å². The SMILES string of the molecule is Cc1cccc(Oc2nc(N)ncc2F)c1. The first kappa shape index (κ1) is 10.4. The van der Waals surface area contributed by atoms with E-state index < -0.39 is 5.82 Å². The number of hydrogen-bond acceptors (Lipinski definition) is 4. The molecule has 2 aromatic rings. The second kappa shape index (κ2) is 4.14. The molecular weight excluding hydrogens is 209 g/mol. The van der Waals surface area contributed by atoms with Gasteiger partial charge in [-0.3, -0.25) is 0 Å². The Bertz CT molecular complexity index is 516. The molecule has 0 aliphatic carbocycles. The lowest BCUT2D eigenvalue weighted by Crippen LogP contribution is -1.99. The number of anilines is 1. The van der Waals surface area contributed by atoms with Crippen LogP contribution in [0.2, 0.25) is 0 Å². The highest BCUT2D eigenvalue weighted by atomic mass is 19.1. The van der Waals surface area contributed by atoms with Crippen LogP contribution in [0.4, 0.5) is 10.3 Å². The maximum atomic E-state index is 13.3. The fourth-order valence-corrected chi connectivity index (χ4v) is 1.23. The fourth-order valence-electron chi connectivity index (χ4n) is 1.23. The average molecular weight is 219 g/mol. The van der Waals surface area contributed by atoms with Gasteiger partial charge in [0.1, 0.15) is 5.75 Å². The van der Waals surface area contributed by atoms with Gasteiger partial charge in [-0.2, -0.15) is 9.37 Å². The molecule has 1 aromatic heterocycles. The van der Waals surface area contributed by atoms with Crippen LogP contribution in [0.1, 0.15) is 5.56 Å². The minimum Gasteiger partial charge on any atom is -0.436 e. The average Bonchev–Trinajstić information content (AvgIpc) is 2.24. The summed E-state index contributed by atoms with van der Waals surface area (Å²) in [5.41, 5.74) is 6.36. The number of halogens is 1. The van der Waals surface area contributed by atoms with E-state index in [0.717, 1.165) is 11.8 Å². The standard InChI is InChI=1S/C11H10FN3O/c1-7-3-2-4-8(5-7)16-10-9(12)6-14-11(13)15-10/h2-6H,1H3,(H2,13,14,15). The molecule has 5 heteroatoms. The third kappa shape index (κ3) is 2.25. The van der Waals surface area contributed by atoms with Crippen molar-refractivity contribution in [2.75, 3.05) is 5.73 Å². The van der Waals surface area contributed by atoms with E-state index in [1.807, 2.05) is 19.1 Å². The molecule has 0 radical (unpaired) electrons. The van der Waals surface area contributed by atoms with E-state index in [4.69, 9.17) is 10.5 Å². The Morgan fingerprint density at radius 1 is 1.38 bits per heavy atom. The molecular formula is C11H10FN3O. The number of aromatic nitrogens is 2. The van der Waals surface area contributed by atoms with E-state index in [-0.39, 0.29) is 11.8 Å². The Kier molecular flexibility index (Phi) is 2.68. The predicted octanol–water partition coefficient (Wildman–Crippen LogP) is 2.30. The van der Waals surface area contributed by atoms with Gasteiger partial charge in [-0.1, -0.05) is 12.1 Å². The summed E-state index contributed by atoms with van der Waals surface area (Å²) >= 11 is 0. The van der Waals surface area contributed by atoms with Crippen molar-refractivity contribution in [3.63, 3.8) is 0 Å². The van der Waals surface area contributed by atoms with Crippen molar-refractivity contribution in [2.45, 2.75) is 6.92 Å². The van der Waals surface area contributed by atoms with Gasteiger partial charge >= 0.3 is 0 Å². The highest BCUT2D eigenvalue weighted by molar-refractivity contribution is 5.32. The lowest BCUT2D eigenvalue weighted by molar-refractivity contribution is 0.420. The largest absolute Gasteiger partial charge is 0.436 e. The zero-order valence-corrected chi connectivity index (χ0v) is 8.64. The van der Waals surface area contributed by atoms with Crippen LogP contribution in [0.15, 0.2) is 30.5 Å². The molecule has 1 aromatic carbocycles. The lowest BCUT2D eigenvalue weighted by atomic mass is 10.2. The lowest BCUT2D eigenvalue weighted by Gasteiger charge is -2.06. The number of benzene rings is 1. The molecule has 0 bridgehead atoms. The topological polar surface area (TPSA) is 61.0 Å². The van der Waals surface area contributed by atoms with Gasteiger partial charge in [0.25, 0.3) is 5.88 Å². The first-order valence-electron chi connectivity index (χ1n) is 4.67. The van der Waals surface area contributed by atoms with Gasteiger partial charge in [0.15, 0.2) is 0 Å². The Hall–Kier alpha value is -2.17. The highest BCUT2D eigenvalue weighted by Crippen LogP contribution is 2.22. The van der Waals surface area contributed by atoms with Crippen molar-refractivity contribution in [1.29, 1.82) is 0 Å². The molecule has 0 aliphatic heterocycles. The van der Waals surface area contributed by atoms with Crippen LogP contribution in [0.5, 0.6) is 11.6 Å². The molecule has 2 rings (SSSR count). The molecule has 0 spiro atoms. The monoisotopic (exact) mass is 219 g/mol. The second-order valence-corrected chi connectivity index (χ2v) is 3.30. The number of aryl methyl sites for hydroxylation is 1. The molecule has 0 saturated heterocycles. The Labute approximate surface area is 91.9 Å². The maximum Gasteiger partial charge on any atom is 0.260 e. The van der Waals surface area contributed by atoms with Crippen LogP contribution in [0.3, 0.4) is 0 Å². The van der Waals surface area contributed by atoms with Crippen molar-refractivity contribution in [2.24, 2.45) is 0 Å². The smallest absolute Gasteiger partial charge is 0.260 e. The van der Waals surface area contributed by atoms with E-state index >= 15 is 0 Å².